The molecule has 0 bridgehead atoms. The molecular weight excluding hydrogens is 319 g/mol. The Morgan fingerprint density at radius 1 is 1.20 bits per heavy atom. The zero-order valence-corrected chi connectivity index (χ0v) is 14.4. The number of likely N-dealkylation sites (N-methyl/N-ethyl adjacent to an activating group) is 1. The van der Waals surface area contributed by atoms with E-state index in [1.807, 2.05) is 25.1 Å². The number of ether oxygens (including phenoxy) is 1. The van der Waals surface area contributed by atoms with E-state index in [0.29, 0.717) is 12.3 Å². The lowest BCUT2D eigenvalue weighted by atomic mass is 10.2. The standard InChI is InChI=1S/C20H23FN2O2/c1-2-23(20(24)25-19-10-8-17(21)9-11-19)18-12-13-22(15-18)14-16-6-4-3-5-7-16/h3-11,18H,2,12-15H2,1H3. The molecule has 1 heterocycles. The van der Waals surface area contributed by atoms with Crippen LogP contribution in [0.3, 0.4) is 0 Å². The van der Waals surface area contributed by atoms with Crippen molar-refractivity contribution in [2.75, 3.05) is 19.6 Å². The molecule has 5 heteroatoms. The maximum Gasteiger partial charge on any atom is 0.415 e. The molecule has 0 aromatic heterocycles. The molecule has 0 spiro atoms. The predicted molar refractivity (Wildman–Crippen MR) is 94.9 cm³/mol. The molecule has 1 fully saturated rings. The average Bonchev–Trinajstić information content (AvgIpc) is 3.06. The van der Waals surface area contributed by atoms with E-state index in [2.05, 4.69) is 17.0 Å². The summed E-state index contributed by atoms with van der Waals surface area (Å²) in [6, 6.07) is 16.0. The number of amides is 1. The summed E-state index contributed by atoms with van der Waals surface area (Å²) >= 11 is 0. The molecule has 0 aliphatic carbocycles. The van der Waals surface area contributed by atoms with E-state index in [9.17, 15) is 9.18 Å². The summed E-state index contributed by atoms with van der Waals surface area (Å²) in [5.74, 6) is 0.0171. The molecule has 1 unspecified atom stereocenters. The minimum absolute atomic E-state index is 0.140. The summed E-state index contributed by atoms with van der Waals surface area (Å²) in [6.45, 7) is 5.22. The highest BCUT2D eigenvalue weighted by atomic mass is 19.1. The van der Waals surface area contributed by atoms with Crippen LogP contribution in [0, 0.1) is 5.82 Å². The van der Waals surface area contributed by atoms with Crippen LogP contribution < -0.4 is 4.74 Å². The molecule has 0 saturated carbocycles. The third-order valence-electron chi connectivity index (χ3n) is 4.53. The van der Waals surface area contributed by atoms with Gasteiger partial charge in [-0.25, -0.2) is 9.18 Å². The SMILES string of the molecule is CCN(C(=O)Oc1ccc(F)cc1)C1CCN(Cc2ccccc2)C1. The average molecular weight is 342 g/mol. The molecule has 1 atom stereocenters. The van der Waals surface area contributed by atoms with Gasteiger partial charge in [0.25, 0.3) is 0 Å². The predicted octanol–water partition coefficient (Wildman–Crippen LogP) is 3.92. The van der Waals surface area contributed by atoms with Gasteiger partial charge in [0.15, 0.2) is 0 Å². The fourth-order valence-corrected chi connectivity index (χ4v) is 3.25. The summed E-state index contributed by atoms with van der Waals surface area (Å²) in [4.78, 5) is 16.6. The van der Waals surface area contributed by atoms with Gasteiger partial charge in [-0.3, -0.25) is 4.90 Å². The van der Waals surface area contributed by atoms with Crippen LogP contribution in [-0.4, -0.2) is 41.6 Å². The Morgan fingerprint density at radius 2 is 1.92 bits per heavy atom. The van der Waals surface area contributed by atoms with Crippen molar-refractivity contribution in [3.8, 4) is 5.75 Å². The highest BCUT2D eigenvalue weighted by molar-refractivity contribution is 5.71. The first-order valence-electron chi connectivity index (χ1n) is 8.66. The molecule has 2 aromatic carbocycles. The molecule has 132 valence electrons. The fraction of sp³-hybridized carbons (Fsp3) is 0.350. The Labute approximate surface area is 147 Å². The second kappa shape index (κ2) is 8.12. The Morgan fingerprint density at radius 3 is 2.60 bits per heavy atom. The number of rotatable bonds is 5. The minimum atomic E-state index is -0.374. The van der Waals surface area contributed by atoms with Crippen molar-refractivity contribution in [2.45, 2.75) is 25.9 Å². The third-order valence-corrected chi connectivity index (χ3v) is 4.53. The van der Waals surface area contributed by atoms with Crippen molar-refractivity contribution in [3.63, 3.8) is 0 Å². The van der Waals surface area contributed by atoms with Crippen LogP contribution in [0.15, 0.2) is 54.6 Å². The number of carbonyl (C=O) groups excluding carboxylic acids is 1. The highest BCUT2D eigenvalue weighted by Crippen LogP contribution is 2.20. The van der Waals surface area contributed by atoms with Gasteiger partial charge in [0.2, 0.25) is 0 Å². The van der Waals surface area contributed by atoms with Crippen molar-refractivity contribution >= 4 is 6.09 Å². The number of likely N-dealkylation sites (tertiary alicyclic amines) is 1. The molecule has 0 radical (unpaired) electrons. The molecule has 25 heavy (non-hydrogen) atoms. The van der Waals surface area contributed by atoms with E-state index >= 15 is 0 Å². The van der Waals surface area contributed by atoms with Gasteiger partial charge < -0.3 is 9.64 Å². The summed E-state index contributed by atoms with van der Waals surface area (Å²) < 4.78 is 18.4. The molecule has 2 aromatic rings. The first-order chi connectivity index (χ1) is 12.2. The van der Waals surface area contributed by atoms with Gasteiger partial charge in [0, 0.05) is 32.2 Å². The number of hydrogen-bond donors (Lipinski definition) is 0. The molecule has 3 rings (SSSR count). The Kier molecular flexibility index (Phi) is 5.66. The van der Waals surface area contributed by atoms with Crippen LogP contribution in [0.1, 0.15) is 18.9 Å². The van der Waals surface area contributed by atoms with E-state index < -0.39 is 0 Å². The number of hydrogen-bond acceptors (Lipinski definition) is 3. The topological polar surface area (TPSA) is 32.8 Å². The molecule has 4 nitrogen and oxygen atoms in total. The first-order valence-corrected chi connectivity index (χ1v) is 8.66. The van der Waals surface area contributed by atoms with Crippen LogP contribution in [0.25, 0.3) is 0 Å². The second-order valence-corrected chi connectivity index (χ2v) is 6.27. The molecular formula is C20H23FN2O2. The highest BCUT2D eigenvalue weighted by Gasteiger charge is 2.30. The number of nitrogens with zero attached hydrogens (tertiary/aromatic N) is 2. The number of halogens is 1. The van der Waals surface area contributed by atoms with Crippen LogP contribution in [-0.2, 0) is 6.54 Å². The lowest BCUT2D eigenvalue weighted by Crippen LogP contribution is -2.43. The molecule has 0 N–H and O–H groups in total. The quantitative estimate of drug-likeness (QED) is 0.826. The Balaban J connectivity index is 1.57. The molecule has 1 amide bonds. The van der Waals surface area contributed by atoms with Gasteiger partial charge in [-0.1, -0.05) is 30.3 Å². The van der Waals surface area contributed by atoms with Gasteiger partial charge in [-0.15, -0.1) is 0 Å². The van der Waals surface area contributed by atoms with Crippen molar-refractivity contribution in [2.24, 2.45) is 0 Å². The van der Waals surface area contributed by atoms with Crippen LogP contribution in [0.2, 0.25) is 0 Å². The van der Waals surface area contributed by atoms with E-state index in [4.69, 9.17) is 4.74 Å². The van der Waals surface area contributed by atoms with Crippen molar-refractivity contribution in [1.29, 1.82) is 0 Å². The van der Waals surface area contributed by atoms with Crippen molar-refractivity contribution < 1.29 is 13.9 Å². The van der Waals surface area contributed by atoms with Crippen LogP contribution in [0.5, 0.6) is 5.75 Å². The molecule has 1 aliphatic rings. The van der Waals surface area contributed by atoms with E-state index in [-0.39, 0.29) is 18.0 Å². The third kappa shape index (κ3) is 4.57. The Bertz CT molecular complexity index is 691. The van der Waals surface area contributed by atoms with Crippen molar-refractivity contribution in [3.05, 3.63) is 66.0 Å². The summed E-state index contributed by atoms with van der Waals surface area (Å²) in [5.41, 5.74) is 1.28. The Hall–Kier alpha value is -2.40. The monoisotopic (exact) mass is 342 g/mol. The van der Waals surface area contributed by atoms with E-state index in [0.717, 1.165) is 26.1 Å². The summed E-state index contributed by atoms with van der Waals surface area (Å²) in [7, 11) is 0. The fourth-order valence-electron chi connectivity index (χ4n) is 3.25. The summed E-state index contributed by atoms with van der Waals surface area (Å²) in [6.07, 6.45) is 0.555. The van der Waals surface area contributed by atoms with Gasteiger partial charge in [0.1, 0.15) is 11.6 Å². The minimum Gasteiger partial charge on any atom is -0.410 e. The van der Waals surface area contributed by atoms with E-state index in [1.165, 1.54) is 29.8 Å². The molecule has 1 aliphatic heterocycles. The van der Waals surface area contributed by atoms with E-state index in [1.54, 1.807) is 4.90 Å². The maximum absolute atomic E-state index is 13.0. The smallest absolute Gasteiger partial charge is 0.410 e. The lowest BCUT2D eigenvalue weighted by Gasteiger charge is -2.27. The lowest BCUT2D eigenvalue weighted by molar-refractivity contribution is 0.134. The maximum atomic E-state index is 13.0. The molecule has 1 saturated heterocycles. The first kappa shape index (κ1) is 17.4. The van der Waals surface area contributed by atoms with Gasteiger partial charge in [-0.05, 0) is 43.2 Å². The largest absolute Gasteiger partial charge is 0.415 e. The van der Waals surface area contributed by atoms with Gasteiger partial charge in [-0.2, -0.15) is 0 Å². The zero-order valence-electron chi connectivity index (χ0n) is 14.4. The normalized spacial score (nSPS) is 17.4. The van der Waals surface area contributed by atoms with Gasteiger partial charge >= 0.3 is 6.09 Å². The summed E-state index contributed by atoms with van der Waals surface area (Å²) in [5, 5.41) is 0. The van der Waals surface area contributed by atoms with Crippen LogP contribution in [0.4, 0.5) is 9.18 Å². The van der Waals surface area contributed by atoms with Crippen LogP contribution >= 0.6 is 0 Å². The second-order valence-electron chi connectivity index (χ2n) is 6.27. The van der Waals surface area contributed by atoms with Crippen molar-refractivity contribution in [1.82, 2.24) is 9.80 Å². The zero-order chi connectivity index (χ0) is 17.6. The number of carbonyl (C=O) groups is 1. The number of benzene rings is 2. The van der Waals surface area contributed by atoms with Gasteiger partial charge in [0.05, 0.1) is 0 Å².